The number of nitrogens with two attached hydrogens (primary N) is 2. The third kappa shape index (κ3) is 3.82. The number of piperidine rings is 1. The zero-order valence-electron chi connectivity index (χ0n) is 17.9. The molecule has 0 radical (unpaired) electrons. The van der Waals surface area contributed by atoms with E-state index in [9.17, 15) is 4.79 Å². The number of aromatic nitrogens is 4. The average molecular weight is 432 g/mol. The molecule has 0 atom stereocenters. The largest absolute Gasteiger partial charge is 0.439 e. The smallest absolute Gasteiger partial charge is 0.252 e. The van der Waals surface area contributed by atoms with Gasteiger partial charge in [0.05, 0.1) is 24.2 Å². The van der Waals surface area contributed by atoms with E-state index in [2.05, 4.69) is 37.9 Å². The quantitative estimate of drug-likeness (QED) is 0.497. The third-order valence-corrected chi connectivity index (χ3v) is 6.06. The maximum Gasteiger partial charge on any atom is 0.252 e. The van der Waals surface area contributed by atoms with E-state index in [4.69, 9.17) is 15.9 Å². The Hall–Kier alpha value is -3.72. The van der Waals surface area contributed by atoms with Crippen molar-refractivity contribution in [3.8, 4) is 11.1 Å². The van der Waals surface area contributed by atoms with Crippen LogP contribution in [0.2, 0.25) is 0 Å². The van der Waals surface area contributed by atoms with E-state index in [0.717, 1.165) is 42.6 Å². The van der Waals surface area contributed by atoms with Gasteiger partial charge in [-0.2, -0.15) is 5.10 Å². The molecule has 1 fully saturated rings. The Bertz CT molecular complexity index is 1280. The summed E-state index contributed by atoms with van der Waals surface area (Å²) in [6, 6.07) is 7.54. The normalized spacial score (nSPS) is 15.4. The lowest BCUT2D eigenvalue weighted by atomic mass is 10.1. The van der Waals surface area contributed by atoms with Gasteiger partial charge in [0.15, 0.2) is 11.5 Å². The highest BCUT2D eigenvalue weighted by molar-refractivity contribution is 6.03. The summed E-state index contributed by atoms with van der Waals surface area (Å²) >= 11 is 0. The standard InChI is InChI=1S/C23H25N7O2/c1-29-7-5-17(6-8-29)30-13-16(12-27-30)15-9-14(22(24)26-11-15)10-20-28-19-4-2-3-18(23(25)31)21(19)32-20/h2-4,9,11-13,17H,5-8,10H2,1H3,(H2,24,26)(H2,25,31). The van der Waals surface area contributed by atoms with Gasteiger partial charge in [-0.05, 0) is 51.2 Å². The minimum Gasteiger partial charge on any atom is -0.439 e. The van der Waals surface area contributed by atoms with Crippen molar-refractivity contribution in [2.24, 2.45) is 5.73 Å². The highest BCUT2D eigenvalue weighted by Gasteiger charge is 2.20. The molecule has 9 heteroatoms. The first-order valence-corrected chi connectivity index (χ1v) is 10.6. The van der Waals surface area contributed by atoms with Crippen molar-refractivity contribution in [1.82, 2.24) is 24.6 Å². The number of benzene rings is 1. The highest BCUT2D eigenvalue weighted by atomic mass is 16.3. The molecule has 0 spiro atoms. The molecule has 1 aliphatic rings. The van der Waals surface area contributed by atoms with E-state index in [1.165, 1.54) is 0 Å². The van der Waals surface area contributed by atoms with Gasteiger partial charge in [-0.25, -0.2) is 9.97 Å². The fourth-order valence-corrected chi connectivity index (χ4v) is 4.19. The molecule has 3 aromatic heterocycles. The molecule has 1 aromatic carbocycles. The minimum absolute atomic E-state index is 0.308. The SMILES string of the molecule is CN1CCC(n2cc(-c3cnc(N)c(Cc4nc5cccc(C(N)=O)c5o4)c3)cn2)CC1. The van der Waals surface area contributed by atoms with E-state index in [-0.39, 0.29) is 0 Å². The van der Waals surface area contributed by atoms with Crippen LogP contribution in [0.5, 0.6) is 0 Å². The van der Waals surface area contributed by atoms with Crippen molar-refractivity contribution in [2.75, 3.05) is 25.9 Å². The average Bonchev–Trinajstić information content (AvgIpc) is 3.42. The number of para-hydroxylation sites is 1. The molecule has 1 aliphatic heterocycles. The first-order chi connectivity index (χ1) is 15.5. The van der Waals surface area contributed by atoms with Crippen LogP contribution in [0.25, 0.3) is 22.2 Å². The van der Waals surface area contributed by atoms with Gasteiger partial charge in [-0.15, -0.1) is 0 Å². The summed E-state index contributed by atoms with van der Waals surface area (Å²) in [6.07, 6.45) is 8.23. The number of primary amides is 1. The number of nitrogens with zero attached hydrogens (tertiary/aromatic N) is 5. The van der Waals surface area contributed by atoms with E-state index >= 15 is 0 Å². The molecular formula is C23H25N7O2. The van der Waals surface area contributed by atoms with Crippen molar-refractivity contribution in [1.29, 1.82) is 0 Å². The van der Waals surface area contributed by atoms with Crippen molar-refractivity contribution in [3.05, 3.63) is 59.9 Å². The van der Waals surface area contributed by atoms with Crippen LogP contribution in [0.15, 0.2) is 47.3 Å². The number of likely N-dealkylation sites (tertiary alicyclic amines) is 1. The second-order valence-electron chi connectivity index (χ2n) is 8.31. The number of hydrogen-bond acceptors (Lipinski definition) is 7. The number of hydrogen-bond donors (Lipinski definition) is 2. The molecule has 5 rings (SSSR count). The molecule has 1 amide bonds. The van der Waals surface area contributed by atoms with E-state index < -0.39 is 5.91 Å². The Balaban J connectivity index is 1.41. The Labute approximate surface area is 185 Å². The number of anilines is 1. The van der Waals surface area contributed by atoms with E-state index in [1.807, 2.05) is 12.3 Å². The predicted molar refractivity (Wildman–Crippen MR) is 121 cm³/mol. The van der Waals surface area contributed by atoms with Crippen LogP contribution in [0.3, 0.4) is 0 Å². The number of carbonyl (C=O) groups is 1. The lowest BCUT2D eigenvalue weighted by Crippen LogP contribution is -2.31. The Kier molecular flexibility index (Phi) is 5.10. The second-order valence-corrected chi connectivity index (χ2v) is 8.31. The molecule has 4 aromatic rings. The van der Waals surface area contributed by atoms with Gasteiger partial charge < -0.3 is 20.8 Å². The molecule has 0 unspecified atom stereocenters. The molecule has 9 nitrogen and oxygen atoms in total. The lowest BCUT2D eigenvalue weighted by Gasteiger charge is -2.28. The van der Waals surface area contributed by atoms with Crippen LogP contribution in [-0.4, -0.2) is 50.7 Å². The number of rotatable bonds is 5. The topological polar surface area (TPSA) is 129 Å². The van der Waals surface area contributed by atoms with Crippen molar-refractivity contribution >= 4 is 22.8 Å². The number of oxazole rings is 1. The van der Waals surface area contributed by atoms with Gasteiger partial charge in [-0.3, -0.25) is 9.48 Å². The number of amides is 1. The summed E-state index contributed by atoms with van der Waals surface area (Å²) in [5.74, 6) is 0.304. The molecule has 0 saturated carbocycles. The van der Waals surface area contributed by atoms with Crippen molar-refractivity contribution in [3.63, 3.8) is 0 Å². The van der Waals surface area contributed by atoms with Crippen LogP contribution in [-0.2, 0) is 6.42 Å². The summed E-state index contributed by atoms with van der Waals surface area (Å²) < 4.78 is 7.90. The Morgan fingerprint density at radius 2 is 2.03 bits per heavy atom. The van der Waals surface area contributed by atoms with Crippen LogP contribution in [0.1, 0.15) is 40.7 Å². The van der Waals surface area contributed by atoms with Crippen LogP contribution in [0, 0.1) is 0 Å². The monoisotopic (exact) mass is 431 g/mol. The van der Waals surface area contributed by atoms with Gasteiger partial charge in [0.25, 0.3) is 5.91 Å². The fourth-order valence-electron chi connectivity index (χ4n) is 4.19. The first-order valence-electron chi connectivity index (χ1n) is 10.6. The summed E-state index contributed by atoms with van der Waals surface area (Å²) in [5, 5.41) is 4.60. The zero-order chi connectivity index (χ0) is 22.2. The predicted octanol–water partition coefficient (Wildman–Crippen LogP) is 2.62. The highest BCUT2D eigenvalue weighted by Crippen LogP contribution is 2.28. The maximum absolute atomic E-state index is 11.7. The van der Waals surface area contributed by atoms with Gasteiger partial charge in [0, 0.05) is 29.1 Å². The Morgan fingerprint density at radius 1 is 1.22 bits per heavy atom. The lowest BCUT2D eigenvalue weighted by molar-refractivity contribution is 0.100. The molecule has 4 heterocycles. The molecular weight excluding hydrogens is 406 g/mol. The molecule has 0 bridgehead atoms. The summed E-state index contributed by atoms with van der Waals surface area (Å²) in [6.45, 7) is 2.16. The Morgan fingerprint density at radius 3 is 2.81 bits per heavy atom. The number of pyridine rings is 1. The van der Waals surface area contributed by atoms with Crippen molar-refractivity contribution in [2.45, 2.75) is 25.3 Å². The second kappa shape index (κ2) is 8.08. The van der Waals surface area contributed by atoms with Crippen molar-refractivity contribution < 1.29 is 9.21 Å². The zero-order valence-corrected chi connectivity index (χ0v) is 17.9. The van der Waals surface area contributed by atoms with E-state index in [0.29, 0.717) is 40.8 Å². The van der Waals surface area contributed by atoms with Crippen LogP contribution < -0.4 is 11.5 Å². The van der Waals surface area contributed by atoms with Gasteiger partial charge in [0.2, 0.25) is 0 Å². The molecule has 0 aliphatic carbocycles. The fraction of sp³-hybridized carbons (Fsp3) is 0.304. The first kappa shape index (κ1) is 20.2. The maximum atomic E-state index is 11.7. The van der Waals surface area contributed by atoms with Crippen LogP contribution >= 0.6 is 0 Å². The summed E-state index contributed by atoms with van der Waals surface area (Å²) in [4.78, 5) is 22.9. The molecule has 32 heavy (non-hydrogen) atoms. The third-order valence-electron chi connectivity index (χ3n) is 6.06. The molecule has 1 saturated heterocycles. The van der Waals surface area contributed by atoms with Gasteiger partial charge >= 0.3 is 0 Å². The summed E-state index contributed by atoms with van der Waals surface area (Å²) in [7, 11) is 2.15. The van der Waals surface area contributed by atoms with Gasteiger partial charge in [-0.1, -0.05) is 6.07 Å². The van der Waals surface area contributed by atoms with Gasteiger partial charge in [0.1, 0.15) is 11.3 Å². The molecule has 164 valence electrons. The minimum atomic E-state index is -0.553. The number of carbonyl (C=O) groups excluding carboxylic acids is 1. The number of fused-ring (bicyclic) bond motifs is 1. The van der Waals surface area contributed by atoms with Crippen LogP contribution in [0.4, 0.5) is 5.82 Å². The molecule has 4 N–H and O–H groups in total. The number of nitrogen functional groups attached to an aromatic ring is 1. The summed E-state index contributed by atoms with van der Waals surface area (Å²) in [5.41, 5.74) is 15.6. The van der Waals surface area contributed by atoms with E-state index in [1.54, 1.807) is 24.4 Å².